The van der Waals surface area contributed by atoms with E-state index in [1.807, 2.05) is 60.7 Å². The number of hydrogen-bond acceptors (Lipinski definition) is 4. The summed E-state index contributed by atoms with van der Waals surface area (Å²) >= 11 is 0. The average Bonchev–Trinajstić information content (AvgIpc) is 3.03. The Bertz CT molecular complexity index is 996. The fourth-order valence-electron chi connectivity index (χ4n) is 5.46. The largest absolute Gasteiger partial charge is 0.497 e. The second-order valence-corrected chi connectivity index (χ2v) is 11.1. The molecule has 1 N–H and O–H groups in total. The van der Waals surface area contributed by atoms with E-state index < -0.39 is 11.7 Å². The first-order chi connectivity index (χ1) is 20.2. The third kappa shape index (κ3) is 10.9. The van der Waals surface area contributed by atoms with Gasteiger partial charge in [0.2, 0.25) is 0 Å². The summed E-state index contributed by atoms with van der Waals surface area (Å²) in [7, 11) is 1.67. The number of aliphatic hydroxyl groups is 1. The minimum atomic E-state index is -0.884. The predicted molar refractivity (Wildman–Crippen MR) is 170 cm³/mol. The van der Waals surface area contributed by atoms with Gasteiger partial charge in [0, 0.05) is 6.61 Å². The molecule has 4 heteroatoms. The molecule has 0 aliphatic heterocycles. The molecule has 0 heterocycles. The van der Waals surface area contributed by atoms with E-state index >= 15 is 0 Å². The molecular weight excluding hydrogens is 508 g/mol. The lowest BCUT2D eigenvalue weighted by molar-refractivity contribution is -0.0641. The Morgan fingerprint density at radius 1 is 0.585 bits per heavy atom. The summed E-state index contributed by atoms with van der Waals surface area (Å²) in [6, 6.07) is 28.4. The van der Waals surface area contributed by atoms with Crippen molar-refractivity contribution in [3.05, 3.63) is 102 Å². The number of hydrogen-bond donors (Lipinski definition) is 1. The van der Waals surface area contributed by atoms with Crippen LogP contribution < -0.4 is 4.74 Å². The summed E-state index contributed by atoms with van der Waals surface area (Å²) < 4.78 is 18.0. The molecule has 3 rings (SSSR count). The van der Waals surface area contributed by atoms with E-state index in [0.717, 1.165) is 28.9 Å². The molecule has 4 nitrogen and oxygen atoms in total. The van der Waals surface area contributed by atoms with Gasteiger partial charge in [0.15, 0.2) is 0 Å². The van der Waals surface area contributed by atoms with Crippen LogP contribution in [-0.4, -0.2) is 38.1 Å². The van der Waals surface area contributed by atoms with Gasteiger partial charge in [-0.3, -0.25) is 0 Å². The predicted octanol–water partition coefficient (Wildman–Crippen LogP) is 9.08. The van der Waals surface area contributed by atoms with E-state index in [-0.39, 0.29) is 13.2 Å². The highest BCUT2D eigenvalue weighted by Crippen LogP contribution is 2.41. The summed E-state index contributed by atoms with van der Waals surface area (Å²) in [6.07, 6.45) is 15.1. The molecule has 0 aromatic heterocycles. The minimum Gasteiger partial charge on any atom is -0.497 e. The minimum absolute atomic E-state index is 0.147. The van der Waals surface area contributed by atoms with Crippen LogP contribution in [-0.2, 0) is 15.1 Å². The smallest absolute Gasteiger partial charge is 0.143 e. The lowest BCUT2D eigenvalue weighted by atomic mass is 9.80. The van der Waals surface area contributed by atoms with Crippen LogP contribution in [0.3, 0.4) is 0 Å². The fourth-order valence-corrected chi connectivity index (χ4v) is 5.46. The molecule has 0 saturated carbocycles. The van der Waals surface area contributed by atoms with Gasteiger partial charge in [0.25, 0.3) is 0 Å². The first-order valence-electron chi connectivity index (χ1n) is 15.9. The molecule has 0 bridgehead atoms. The molecule has 0 amide bonds. The lowest BCUT2D eigenvalue weighted by Gasteiger charge is -2.36. The first-order valence-corrected chi connectivity index (χ1v) is 15.9. The van der Waals surface area contributed by atoms with Crippen LogP contribution in [0, 0.1) is 0 Å². The quantitative estimate of drug-likeness (QED) is 0.0983. The van der Waals surface area contributed by atoms with Gasteiger partial charge < -0.3 is 19.3 Å². The molecule has 0 aliphatic carbocycles. The highest BCUT2D eigenvalue weighted by molar-refractivity contribution is 5.48. The van der Waals surface area contributed by atoms with Crippen molar-refractivity contribution in [2.45, 2.75) is 95.7 Å². The van der Waals surface area contributed by atoms with Gasteiger partial charge in [-0.2, -0.15) is 0 Å². The zero-order valence-electron chi connectivity index (χ0n) is 25.4. The van der Waals surface area contributed by atoms with Gasteiger partial charge in [0.1, 0.15) is 17.5 Å². The highest BCUT2D eigenvalue weighted by atomic mass is 16.5. The van der Waals surface area contributed by atoms with Crippen molar-refractivity contribution in [1.29, 1.82) is 0 Å². The summed E-state index contributed by atoms with van der Waals surface area (Å²) in [5.41, 5.74) is 2.09. The van der Waals surface area contributed by atoms with E-state index in [0.29, 0.717) is 6.61 Å². The van der Waals surface area contributed by atoms with Gasteiger partial charge in [-0.15, -0.1) is 0 Å². The van der Waals surface area contributed by atoms with Crippen molar-refractivity contribution in [1.82, 2.24) is 0 Å². The van der Waals surface area contributed by atoms with Crippen LogP contribution in [0.25, 0.3) is 0 Å². The normalized spacial score (nSPS) is 12.4. The molecule has 3 aromatic carbocycles. The topological polar surface area (TPSA) is 47.9 Å². The van der Waals surface area contributed by atoms with Crippen molar-refractivity contribution in [2.24, 2.45) is 0 Å². The number of rotatable bonds is 22. The Balaban J connectivity index is 1.48. The van der Waals surface area contributed by atoms with Crippen LogP contribution in [0.1, 0.15) is 101 Å². The number of methoxy groups -OCH3 is 1. The van der Waals surface area contributed by atoms with E-state index in [1.54, 1.807) is 7.11 Å². The Labute approximate surface area is 249 Å². The van der Waals surface area contributed by atoms with Crippen molar-refractivity contribution in [2.75, 3.05) is 26.9 Å². The average molecular weight is 561 g/mol. The second-order valence-electron chi connectivity index (χ2n) is 11.1. The maximum atomic E-state index is 10.9. The van der Waals surface area contributed by atoms with Gasteiger partial charge >= 0.3 is 0 Å². The summed E-state index contributed by atoms with van der Waals surface area (Å²) in [4.78, 5) is 0. The number of ether oxygens (including phenoxy) is 3. The fraction of sp³-hybridized carbons (Fsp3) is 0.514. The zero-order chi connectivity index (χ0) is 29.0. The van der Waals surface area contributed by atoms with Crippen LogP contribution in [0.2, 0.25) is 0 Å². The summed E-state index contributed by atoms with van der Waals surface area (Å²) in [5, 5.41) is 10.9. The zero-order valence-corrected chi connectivity index (χ0v) is 25.4. The van der Waals surface area contributed by atoms with Crippen LogP contribution in [0.5, 0.6) is 5.75 Å². The van der Waals surface area contributed by atoms with E-state index in [2.05, 4.69) is 31.2 Å². The van der Waals surface area contributed by atoms with Gasteiger partial charge in [-0.05, 0) is 35.2 Å². The van der Waals surface area contributed by atoms with E-state index in [4.69, 9.17) is 14.2 Å². The Morgan fingerprint density at radius 3 is 1.54 bits per heavy atom. The molecule has 0 spiro atoms. The molecule has 0 fully saturated rings. The van der Waals surface area contributed by atoms with Crippen molar-refractivity contribution in [3.63, 3.8) is 0 Å². The number of benzene rings is 3. The SMILES string of the molecule is CCCCCCCCCCCCCCOCC(O)COC(c1ccccc1)(c1ccccc1)c1ccc(OC)cc1. The molecule has 1 unspecified atom stereocenters. The van der Waals surface area contributed by atoms with Crippen LogP contribution in [0.15, 0.2) is 84.9 Å². The maximum Gasteiger partial charge on any atom is 0.143 e. The first kappa shape index (κ1) is 32.8. The molecule has 1 atom stereocenters. The van der Waals surface area contributed by atoms with Crippen LogP contribution >= 0.6 is 0 Å². The van der Waals surface area contributed by atoms with E-state index in [9.17, 15) is 5.11 Å². The summed E-state index contributed by atoms with van der Waals surface area (Å²) in [5.74, 6) is 0.787. The van der Waals surface area contributed by atoms with Crippen molar-refractivity contribution < 1.29 is 19.3 Å². The molecule has 0 radical (unpaired) electrons. The standard InChI is InChI=1S/C37H52O4/c1-3-4-5-6-7-8-9-10-11-12-13-20-29-40-30-35(38)31-41-37(32-21-16-14-17-22-32,33-23-18-15-19-24-33)34-25-27-36(39-2)28-26-34/h14-19,21-28,35,38H,3-13,20,29-31H2,1-2H3. The maximum absolute atomic E-state index is 10.9. The molecule has 0 aliphatic rings. The van der Waals surface area contributed by atoms with Crippen molar-refractivity contribution >= 4 is 0 Å². The van der Waals surface area contributed by atoms with Crippen LogP contribution in [0.4, 0.5) is 0 Å². The van der Waals surface area contributed by atoms with Gasteiger partial charge in [-0.25, -0.2) is 0 Å². The molecular formula is C37H52O4. The van der Waals surface area contributed by atoms with Crippen molar-refractivity contribution in [3.8, 4) is 5.75 Å². The summed E-state index contributed by atoms with van der Waals surface area (Å²) in [6.45, 7) is 3.36. The number of aliphatic hydroxyl groups excluding tert-OH is 1. The van der Waals surface area contributed by atoms with E-state index in [1.165, 1.54) is 70.6 Å². The molecule has 0 saturated heterocycles. The third-order valence-corrected chi connectivity index (χ3v) is 7.80. The Morgan fingerprint density at radius 2 is 1.05 bits per heavy atom. The third-order valence-electron chi connectivity index (χ3n) is 7.80. The van der Waals surface area contributed by atoms with Gasteiger partial charge in [0.05, 0.1) is 20.3 Å². The lowest BCUT2D eigenvalue weighted by Crippen LogP contribution is -2.36. The number of unbranched alkanes of at least 4 members (excludes halogenated alkanes) is 11. The Kier molecular flexibility index (Phi) is 15.6. The molecule has 3 aromatic rings. The molecule has 224 valence electrons. The molecule has 41 heavy (non-hydrogen) atoms. The van der Waals surface area contributed by atoms with Gasteiger partial charge in [-0.1, -0.05) is 150 Å². The highest BCUT2D eigenvalue weighted by Gasteiger charge is 2.38. The Hall–Kier alpha value is -2.66. The second kappa shape index (κ2) is 19.5. The monoisotopic (exact) mass is 560 g/mol.